The molecule has 3 aromatic carbocycles. The van der Waals surface area contributed by atoms with Crippen LogP contribution in [0.1, 0.15) is 29.7 Å². The Morgan fingerprint density at radius 1 is 0.941 bits per heavy atom. The van der Waals surface area contributed by atoms with E-state index < -0.39 is 17.7 Å². The fraction of sp³-hybridized carbons (Fsp3) is 0.185. The first kappa shape index (κ1) is 22.9. The molecule has 0 aliphatic carbocycles. The minimum Gasteiger partial charge on any atom is -0.508 e. The molecule has 174 valence electrons. The van der Waals surface area contributed by atoms with Gasteiger partial charge in [-0.05, 0) is 53.9 Å². The van der Waals surface area contributed by atoms with Crippen molar-refractivity contribution in [2.45, 2.75) is 19.4 Å². The van der Waals surface area contributed by atoms with Gasteiger partial charge in [0.2, 0.25) is 0 Å². The Hall–Kier alpha value is -4.26. The van der Waals surface area contributed by atoms with Crippen LogP contribution in [-0.4, -0.2) is 36.1 Å². The summed E-state index contributed by atoms with van der Waals surface area (Å²) in [6.45, 7) is 2.03. The number of ether oxygens (including phenoxy) is 2. The summed E-state index contributed by atoms with van der Waals surface area (Å²) in [4.78, 5) is 27.9. The van der Waals surface area contributed by atoms with E-state index in [0.29, 0.717) is 22.7 Å². The van der Waals surface area contributed by atoms with Gasteiger partial charge in [-0.15, -0.1) is 0 Å². The number of hydrogen-bond acceptors (Lipinski definition) is 6. The van der Waals surface area contributed by atoms with Crippen LogP contribution in [-0.2, 0) is 16.0 Å². The summed E-state index contributed by atoms with van der Waals surface area (Å²) in [5.41, 5.74) is 2.36. The van der Waals surface area contributed by atoms with Gasteiger partial charge in [-0.25, -0.2) is 0 Å². The number of rotatable bonds is 6. The lowest BCUT2D eigenvalue weighted by Gasteiger charge is -2.26. The van der Waals surface area contributed by atoms with Crippen LogP contribution in [0.25, 0.3) is 5.76 Å². The first-order chi connectivity index (χ1) is 16.4. The topological polar surface area (TPSA) is 96.3 Å². The number of benzene rings is 3. The molecule has 4 rings (SSSR count). The third-order valence-corrected chi connectivity index (χ3v) is 5.94. The van der Waals surface area contributed by atoms with E-state index in [1.54, 1.807) is 42.5 Å². The molecule has 3 aromatic rings. The molecule has 1 amide bonds. The molecular formula is C27H25NO6. The van der Waals surface area contributed by atoms with Gasteiger partial charge in [0, 0.05) is 11.8 Å². The number of carbonyl (C=O) groups excluding carboxylic acids is 2. The van der Waals surface area contributed by atoms with Crippen LogP contribution in [0, 0.1) is 0 Å². The van der Waals surface area contributed by atoms with Gasteiger partial charge in [0.05, 0.1) is 31.4 Å². The summed E-state index contributed by atoms with van der Waals surface area (Å²) in [5.74, 6) is -1.07. The number of aryl methyl sites for hydroxylation is 1. The number of amides is 1. The van der Waals surface area contributed by atoms with Crippen molar-refractivity contribution in [2.75, 3.05) is 19.1 Å². The number of aliphatic hydroxyl groups excluding tert-OH is 1. The van der Waals surface area contributed by atoms with Crippen LogP contribution < -0.4 is 14.4 Å². The zero-order valence-corrected chi connectivity index (χ0v) is 19.1. The average Bonchev–Trinajstić information content (AvgIpc) is 3.13. The Balaban J connectivity index is 1.94. The van der Waals surface area contributed by atoms with E-state index in [2.05, 4.69) is 0 Å². The zero-order valence-electron chi connectivity index (χ0n) is 19.1. The molecule has 0 saturated carbocycles. The van der Waals surface area contributed by atoms with Crippen LogP contribution in [0.15, 0.2) is 72.3 Å². The number of phenols is 1. The fourth-order valence-corrected chi connectivity index (χ4v) is 4.10. The Kier molecular flexibility index (Phi) is 6.27. The summed E-state index contributed by atoms with van der Waals surface area (Å²) in [5, 5.41) is 21.1. The fourth-order valence-electron chi connectivity index (χ4n) is 4.10. The number of carbonyl (C=O) groups is 2. The lowest BCUT2D eigenvalue weighted by atomic mass is 9.94. The molecule has 0 spiro atoms. The Morgan fingerprint density at radius 2 is 1.62 bits per heavy atom. The first-order valence-corrected chi connectivity index (χ1v) is 10.8. The highest BCUT2D eigenvalue weighted by Gasteiger charge is 2.47. The second-order valence-electron chi connectivity index (χ2n) is 7.85. The predicted molar refractivity (Wildman–Crippen MR) is 128 cm³/mol. The first-order valence-electron chi connectivity index (χ1n) is 10.8. The molecule has 1 heterocycles. The molecule has 7 heteroatoms. The third kappa shape index (κ3) is 3.96. The van der Waals surface area contributed by atoms with Gasteiger partial charge in [-0.2, -0.15) is 0 Å². The number of aliphatic hydroxyl groups is 1. The van der Waals surface area contributed by atoms with Gasteiger partial charge in [0.25, 0.3) is 11.7 Å². The van der Waals surface area contributed by atoms with E-state index in [4.69, 9.17) is 9.47 Å². The highest BCUT2D eigenvalue weighted by Crippen LogP contribution is 2.44. The van der Waals surface area contributed by atoms with Gasteiger partial charge in [0.15, 0.2) is 0 Å². The number of phenolic OH excluding ortho intramolecular Hbond substituents is 1. The number of hydrogen-bond donors (Lipinski definition) is 2. The van der Waals surface area contributed by atoms with Crippen LogP contribution in [0.4, 0.5) is 5.69 Å². The molecule has 0 bridgehead atoms. The summed E-state index contributed by atoms with van der Waals surface area (Å²) in [6, 6.07) is 17.4. The Bertz CT molecular complexity index is 1260. The maximum absolute atomic E-state index is 13.3. The van der Waals surface area contributed by atoms with Crippen LogP contribution in [0.3, 0.4) is 0 Å². The number of anilines is 1. The SMILES string of the molecule is CCc1ccc(N2C(=O)C(=O)/C(=C(\O)c3ccc(OC)cc3OC)C2c2ccc(O)cc2)cc1. The quantitative estimate of drug-likeness (QED) is 0.318. The van der Waals surface area contributed by atoms with E-state index in [9.17, 15) is 19.8 Å². The van der Waals surface area contributed by atoms with Crippen molar-refractivity contribution >= 4 is 23.1 Å². The minimum absolute atomic E-state index is 0.0461. The summed E-state index contributed by atoms with van der Waals surface area (Å²) in [7, 11) is 2.95. The van der Waals surface area contributed by atoms with Crippen molar-refractivity contribution in [2.24, 2.45) is 0 Å². The molecule has 1 saturated heterocycles. The molecule has 1 aliphatic rings. The van der Waals surface area contributed by atoms with E-state index in [1.807, 2.05) is 19.1 Å². The molecule has 1 aliphatic heterocycles. The van der Waals surface area contributed by atoms with Crippen molar-refractivity contribution in [1.29, 1.82) is 0 Å². The lowest BCUT2D eigenvalue weighted by molar-refractivity contribution is -0.132. The number of aromatic hydroxyl groups is 1. The Morgan fingerprint density at radius 3 is 2.21 bits per heavy atom. The molecular weight excluding hydrogens is 434 g/mol. The van der Waals surface area contributed by atoms with E-state index in [1.165, 1.54) is 31.3 Å². The standard InChI is InChI=1S/C27H25NO6/c1-4-16-5-9-18(10-6-16)28-24(17-7-11-19(29)12-8-17)23(26(31)27(28)32)25(30)21-14-13-20(33-2)15-22(21)34-3/h5-15,24,29-30H,4H2,1-3H3/b25-23-. The number of ketones is 1. The van der Waals surface area contributed by atoms with E-state index in [-0.39, 0.29) is 22.6 Å². The largest absolute Gasteiger partial charge is 0.508 e. The summed E-state index contributed by atoms with van der Waals surface area (Å²) < 4.78 is 10.6. The van der Waals surface area contributed by atoms with E-state index >= 15 is 0 Å². The smallest absolute Gasteiger partial charge is 0.300 e. The van der Waals surface area contributed by atoms with Crippen LogP contribution >= 0.6 is 0 Å². The van der Waals surface area contributed by atoms with Gasteiger partial charge < -0.3 is 19.7 Å². The van der Waals surface area contributed by atoms with Gasteiger partial charge in [-0.1, -0.05) is 31.2 Å². The average molecular weight is 459 g/mol. The van der Waals surface area contributed by atoms with Crippen LogP contribution in [0.2, 0.25) is 0 Å². The molecule has 1 unspecified atom stereocenters. The number of methoxy groups -OCH3 is 2. The third-order valence-electron chi connectivity index (χ3n) is 5.94. The summed E-state index contributed by atoms with van der Waals surface area (Å²) >= 11 is 0. The van der Waals surface area contributed by atoms with Crippen molar-refractivity contribution < 1.29 is 29.3 Å². The van der Waals surface area contributed by atoms with Gasteiger partial charge in [-0.3, -0.25) is 14.5 Å². The molecule has 0 radical (unpaired) electrons. The molecule has 0 aromatic heterocycles. The van der Waals surface area contributed by atoms with Gasteiger partial charge >= 0.3 is 0 Å². The van der Waals surface area contributed by atoms with E-state index in [0.717, 1.165) is 12.0 Å². The number of Topliss-reactive ketones (excluding diaryl/α,β-unsaturated/α-hetero) is 1. The zero-order chi connectivity index (χ0) is 24.4. The summed E-state index contributed by atoms with van der Waals surface area (Å²) in [6.07, 6.45) is 0.831. The highest BCUT2D eigenvalue weighted by molar-refractivity contribution is 6.51. The predicted octanol–water partition coefficient (Wildman–Crippen LogP) is 4.60. The second-order valence-corrected chi connectivity index (χ2v) is 7.85. The monoisotopic (exact) mass is 459 g/mol. The molecule has 34 heavy (non-hydrogen) atoms. The maximum Gasteiger partial charge on any atom is 0.300 e. The second kappa shape index (κ2) is 9.31. The minimum atomic E-state index is -0.903. The van der Waals surface area contributed by atoms with Crippen LogP contribution in [0.5, 0.6) is 17.2 Å². The Labute approximate surface area is 197 Å². The molecule has 1 atom stereocenters. The normalized spacial score (nSPS) is 17.1. The lowest BCUT2D eigenvalue weighted by Crippen LogP contribution is -2.29. The molecule has 7 nitrogen and oxygen atoms in total. The molecule has 1 fully saturated rings. The molecule has 2 N–H and O–H groups in total. The number of nitrogens with zero attached hydrogens (tertiary/aromatic N) is 1. The van der Waals surface area contributed by atoms with Crippen molar-refractivity contribution in [3.05, 3.63) is 89.0 Å². The highest BCUT2D eigenvalue weighted by atomic mass is 16.5. The maximum atomic E-state index is 13.3. The van der Waals surface area contributed by atoms with Crippen molar-refractivity contribution in [3.63, 3.8) is 0 Å². The van der Waals surface area contributed by atoms with Crippen molar-refractivity contribution in [3.8, 4) is 17.2 Å². The van der Waals surface area contributed by atoms with Gasteiger partial charge in [0.1, 0.15) is 23.0 Å². The van der Waals surface area contributed by atoms with Crippen molar-refractivity contribution in [1.82, 2.24) is 0 Å².